The number of hydrogen-bond acceptors (Lipinski definition) is 4. The molecule has 6 nitrogen and oxygen atoms in total. The number of hydrogen-bond donors (Lipinski definition) is 0. The molecule has 0 saturated heterocycles. The summed E-state index contributed by atoms with van der Waals surface area (Å²) in [5, 5.41) is 7.37. The minimum absolute atomic E-state index is 0. The summed E-state index contributed by atoms with van der Waals surface area (Å²) in [5.74, 6) is 2.70. The molecule has 0 aliphatic heterocycles. The molecule has 7 heteroatoms. The molecular weight excluding hydrogens is 836 g/mol. The van der Waals surface area contributed by atoms with Crippen LogP contribution in [0.4, 0.5) is 0 Å². The summed E-state index contributed by atoms with van der Waals surface area (Å²) < 4.78 is 16.9. The third-order valence-corrected chi connectivity index (χ3v) is 9.32. The second-order valence-corrected chi connectivity index (χ2v) is 15.5. The maximum Gasteiger partial charge on any atom is 2.00 e. The van der Waals surface area contributed by atoms with Gasteiger partial charge in [-0.3, -0.25) is 4.68 Å². The van der Waals surface area contributed by atoms with Crippen LogP contribution in [0.25, 0.3) is 44.4 Å². The monoisotopic (exact) mass is 883 g/mol. The number of unbranched alkanes of at least 4 members (excludes halogenated alkanes) is 1. The molecule has 0 aliphatic carbocycles. The summed E-state index contributed by atoms with van der Waals surface area (Å²) in [4.78, 5) is 4.76. The average molecular weight is 884 g/mol. The van der Waals surface area contributed by atoms with Crippen LogP contribution in [0.3, 0.4) is 0 Å². The first-order chi connectivity index (χ1) is 24.9. The van der Waals surface area contributed by atoms with Crippen molar-refractivity contribution in [3.63, 3.8) is 0 Å². The summed E-state index contributed by atoms with van der Waals surface area (Å²) in [6, 6.07) is 38.5. The van der Waals surface area contributed by atoms with E-state index in [4.69, 9.17) is 19.6 Å². The van der Waals surface area contributed by atoms with E-state index in [0.29, 0.717) is 11.5 Å². The van der Waals surface area contributed by atoms with Crippen molar-refractivity contribution in [2.24, 2.45) is 0 Å². The quantitative estimate of drug-likeness (QED) is 0.128. The molecule has 0 saturated carbocycles. The molecule has 274 valence electrons. The normalized spacial score (nSPS) is 11.9. The number of aryl methyl sites for hydroxylation is 1. The van der Waals surface area contributed by atoms with Crippen LogP contribution >= 0.6 is 0 Å². The standard InChI is InChI=1S/C46H48N4O2.Pt/c1-9-11-18-41-44(31-20-22-32(23-21-31)45(3,4)5)39(10-2)48-50(41)33-15-14-16-34(28-33)51-35-24-25-38-37-17-12-13-19-40(37)49(42(38)29-35)43-30-36(26-27-47-43)52-46(6,7)8;/h12-17,19-27,30H,9-11,18H2,1-8H3;/q-2;+2. The maximum absolute atomic E-state index is 6.53. The van der Waals surface area contributed by atoms with Crippen LogP contribution in [0.15, 0.2) is 97.2 Å². The van der Waals surface area contributed by atoms with Crippen LogP contribution in [-0.2, 0) is 39.3 Å². The number of fused-ring (bicyclic) bond motifs is 3. The van der Waals surface area contributed by atoms with Gasteiger partial charge in [-0.1, -0.05) is 89.0 Å². The van der Waals surface area contributed by atoms with Crippen LogP contribution in [-0.4, -0.2) is 24.9 Å². The van der Waals surface area contributed by atoms with Crippen LogP contribution < -0.4 is 9.47 Å². The van der Waals surface area contributed by atoms with Crippen molar-refractivity contribution in [2.45, 2.75) is 92.1 Å². The van der Waals surface area contributed by atoms with E-state index in [-0.39, 0.29) is 32.1 Å². The molecule has 7 rings (SSSR count). The zero-order valence-electron chi connectivity index (χ0n) is 32.0. The van der Waals surface area contributed by atoms with Gasteiger partial charge >= 0.3 is 21.1 Å². The first-order valence-electron chi connectivity index (χ1n) is 18.5. The largest absolute Gasteiger partial charge is 2.00 e. The van der Waals surface area contributed by atoms with Gasteiger partial charge in [-0.15, -0.1) is 35.7 Å². The van der Waals surface area contributed by atoms with Gasteiger partial charge in [0, 0.05) is 40.5 Å². The number of ether oxygens (including phenoxy) is 2. The molecule has 3 heterocycles. The Morgan fingerprint density at radius 2 is 1.53 bits per heavy atom. The molecular formula is C46H48N4O2Pt. The van der Waals surface area contributed by atoms with Crippen molar-refractivity contribution in [2.75, 3.05) is 0 Å². The smallest absolute Gasteiger partial charge is 0.509 e. The van der Waals surface area contributed by atoms with Crippen LogP contribution in [0.5, 0.6) is 17.2 Å². The Morgan fingerprint density at radius 1 is 0.774 bits per heavy atom. The summed E-state index contributed by atoms with van der Waals surface area (Å²) in [6.45, 7) is 17.3. The second-order valence-electron chi connectivity index (χ2n) is 15.5. The molecule has 4 aromatic carbocycles. The van der Waals surface area contributed by atoms with Gasteiger partial charge in [-0.2, -0.15) is 17.2 Å². The molecule has 0 atom stereocenters. The maximum atomic E-state index is 6.53. The Kier molecular flexibility index (Phi) is 11.0. The van der Waals surface area contributed by atoms with Crippen molar-refractivity contribution in [1.82, 2.24) is 19.3 Å². The van der Waals surface area contributed by atoms with Crippen molar-refractivity contribution in [3.8, 4) is 39.9 Å². The minimum Gasteiger partial charge on any atom is -0.509 e. The molecule has 3 aromatic heterocycles. The van der Waals surface area contributed by atoms with E-state index < -0.39 is 0 Å². The van der Waals surface area contributed by atoms with Gasteiger partial charge in [-0.25, -0.2) is 4.98 Å². The van der Waals surface area contributed by atoms with Crippen molar-refractivity contribution < 1.29 is 30.5 Å². The summed E-state index contributed by atoms with van der Waals surface area (Å²) in [5.41, 5.74) is 8.58. The first-order valence-corrected chi connectivity index (χ1v) is 18.5. The fourth-order valence-corrected chi connectivity index (χ4v) is 6.84. The average Bonchev–Trinajstić information content (AvgIpc) is 3.65. The van der Waals surface area contributed by atoms with Gasteiger partial charge in [0.15, 0.2) is 0 Å². The second kappa shape index (κ2) is 15.4. The zero-order valence-corrected chi connectivity index (χ0v) is 34.3. The van der Waals surface area contributed by atoms with E-state index in [2.05, 4.69) is 111 Å². The molecule has 7 aromatic rings. The van der Waals surface area contributed by atoms with Crippen LogP contribution in [0.1, 0.15) is 85.2 Å². The molecule has 0 bridgehead atoms. The van der Waals surface area contributed by atoms with Gasteiger partial charge in [0.1, 0.15) is 17.2 Å². The van der Waals surface area contributed by atoms with E-state index >= 15 is 0 Å². The predicted molar refractivity (Wildman–Crippen MR) is 212 cm³/mol. The Balaban J connectivity index is 0.00000481. The number of benzene rings is 4. The molecule has 0 fully saturated rings. The molecule has 0 aliphatic rings. The summed E-state index contributed by atoms with van der Waals surface area (Å²) >= 11 is 0. The molecule has 0 unspecified atom stereocenters. The van der Waals surface area contributed by atoms with Crippen LogP contribution in [0.2, 0.25) is 0 Å². The predicted octanol–water partition coefficient (Wildman–Crippen LogP) is 11.8. The Hall–Kier alpha value is -4.67. The first kappa shape index (κ1) is 38.1. The molecule has 0 radical (unpaired) electrons. The molecule has 0 spiro atoms. The number of pyridine rings is 1. The Morgan fingerprint density at radius 3 is 2.25 bits per heavy atom. The third-order valence-electron chi connectivity index (χ3n) is 9.32. The van der Waals surface area contributed by atoms with Gasteiger partial charge in [0.2, 0.25) is 0 Å². The fraction of sp³-hybridized carbons (Fsp3) is 0.304. The fourth-order valence-electron chi connectivity index (χ4n) is 6.84. The van der Waals surface area contributed by atoms with E-state index in [1.165, 1.54) is 22.4 Å². The number of para-hydroxylation sites is 1. The van der Waals surface area contributed by atoms with E-state index in [1.807, 2.05) is 57.2 Å². The van der Waals surface area contributed by atoms with Gasteiger partial charge in [-0.05, 0) is 79.8 Å². The van der Waals surface area contributed by atoms with Gasteiger partial charge in [0.25, 0.3) is 0 Å². The Labute approximate surface area is 328 Å². The molecule has 53 heavy (non-hydrogen) atoms. The van der Waals surface area contributed by atoms with Crippen molar-refractivity contribution in [3.05, 3.63) is 126 Å². The number of rotatable bonds is 10. The molecule has 0 N–H and O–H groups in total. The van der Waals surface area contributed by atoms with Crippen molar-refractivity contribution in [1.29, 1.82) is 0 Å². The topological polar surface area (TPSA) is 54.1 Å². The zero-order chi connectivity index (χ0) is 36.6. The SMILES string of the molecule is CCCCc1c(-c2ccc(C(C)(C)C)cc2)c(CC)nn1-c1[c-]c(Oc2[c-]c3c(cc2)c2ccccc2n3-c2cc(OC(C)(C)C)ccn2)ccc1.[Pt+2]. The van der Waals surface area contributed by atoms with Gasteiger partial charge in [0.05, 0.1) is 5.69 Å². The van der Waals surface area contributed by atoms with E-state index in [1.54, 1.807) is 6.20 Å². The summed E-state index contributed by atoms with van der Waals surface area (Å²) in [6.07, 6.45) is 5.71. The van der Waals surface area contributed by atoms with Gasteiger partial charge < -0.3 is 14.0 Å². The minimum atomic E-state index is -0.331. The van der Waals surface area contributed by atoms with Crippen LogP contribution in [0, 0.1) is 12.1 Å². The third kappa shape index (κ3) is 7.99. The van der Waals surface area contributed by atoms with E-state index in [0.717, 1.165) is 70.4 Å². The number of nitrogens with zero attached hydrogens (tertiary/aromatic N) is 4. The van der Waals surface area contributed by atoms with E-state index in [9.17, 15) is 0 Å². The van der Waals surface area contributed by atoms with Crippen molar-refractivity contribution >= 4 is 21.8 Å². The summed E-state index contributed by atoms with van der Waals surface area (Å²) in [7, 11) is 0. The Bertz CT molecular complexity index is 2360. The number of aromatic nitrogens is 4. The molecule has 0 amide bonds.